The van der Waals surface area contributed by atoms with E-state index in [2.05, 4.69) is 22.5 Å². The van der Waals surface area contributed by atoms with Crippen LogP contribution in [0, 0.1) is 6.92 Å². The molecule has 1 aromatic heterocycles. The zero-order chi connectivity index (χ0) is 14.0. The molecule has 0 amide bonds. The van der Waals surface area contributed by atoms with Gasteiger partial charge in [0.2, 0.25) is 0 Å². The number of nitrogens with zero attached hydrogens (tertiary/aromatic N) is 2. The highest BCUT2D eigenvalue weighted by molar-refractivity contribution is 6.31. The van der Waals surface area contributed by atoms with Gasteiger partial charge in [0.05, 0.1) is 30.1 Å². The molecule has 0 radical (unpaired) electrons. The Morgan fingerprint density at radius 1 is 1.42 bits per heavy atom. The summed E-state index contributed by atoms with van der Waals surface area (Å²) in [6, 6.07) is 6.07. The van der Waals surface area contributed by atoms with E-state index in [0.717, 1.165) is 22.6 Å². The third-order valence-electron chi connectivity index (χ3n) is 3.20. The average Bonchev–Trinajstić information content (AvgIpc) is 2.73. The van der Waals surface area contributed by atoms with Crippen LogP contribution < -0.4 is 10.1 Å². The van der Waals surface area contributed by atoms with Gasteiger partial charge in [-0.25, -0.2) is 0 Å². The molecule has 0 aliphatic heterocycles. The number of methoxy groups -OCH3 is 1. The SMILES string of the molecule is CNC(c1ccc(C)cc1OC)c1c(Cl)cnn1C. The molecule has 1 atom stereocenters. The molecule has 0 aliphatic rings. The van der Waals surface area contributed by atoms with Crippen molar-refractivity contribution in [2.75, 3.05) is 14.2 Å². The van der Waals surface area contributed by atoms with Crippen molar-refractivity contribution in [1.29, 1.82) is 0 Å². The topological polar surface area (TPSA) is 39.1 Å². The molecule has 2 rings (SSSR count). The van der Waals surface area contributed by atoms with Gasteiger partial charge in [-0.15, -0.1) is 0 Å². The number of ether oxygens (including phenoxy) is 1. The molecule has 1 heterocycles. The average molecular weight is 280 g/mol. The van der Waals surface area contributed by atoms with Gasteiger partial charge in [0.15, 0.2) is 0 Å². The predicted octanol–water partition coefficient (Wildman–Crippen LogP) is 2.70. The van der Waals surface area contributed by atoms with Gasteiger partial charge in [-0.3, -0.25) is 4.68 Å². The maximum atomic E-state index is 6.23. The second-order valence-corrected chi connectivity index (χ2v) is 4.88. The number of benzene rings is 1. The number of hydrogen-bond donors (Lipinski definition) is 1. The Morgan fingerprint density at radius 2 is 2.16 bits per heavy atom. The molecular formula is C14H18ClN3O. The molecule has 0 spiro atoms. The standard InChI is InChI=1S/C14H18ClN3O/c1-9-5-6-10(12(7-9)19-4)13(16-2)14-11(15)8-17-18(14)3/h5-8,13,16H,1-4H3. The van der Waals surface area contributed by atoms with Gasteiger partial charge in [0, 0.05) is 12.6 Å². The third-order valence-corrected chi connectivity index (χ3v) is 3.49. The number of nitrogens with one attached hydrogen (secondary N) is 1. The molecule has 0 saturated carbocycles. The number of halogens is 1. The van der Waals surface area contributed by atoms with E-state index < -0.39 is 0 Å². The monoisotopic (exact) mass is 279 g/mol. The second kappa shape index (κ2) is 5.63. The molecule has 0 aliphatic carbocycles. The number of hydrogen-bond acceptors (Lipinski definition) is 3. The minimum atomic E-state index is -0.0597. The first-order valence-electron chi connectivity index (χ1n) is 6.07. The summed E-state index contributed by atoms with van der Waals surface area (Å²) in [7, 11) is 5.45. The van der Waals surface area contributed by atoms with Gasteiger partial charge in [0.1, 0.15) is 5.75 Å². The first-order valence-corrected chi connectivity index (χ1v) is 6.45. The molecule has 5 heteroatoms. The quantitative estimate of drug-likeness (QED) is 0.935. The van der Waals surface area contributed by atoms with Gasteiger partial charge in [0.25, 0.3) is 0 Å². The smallest absolute Gasteiger partial charge is 0.124 e. The van der Waals surface area contributed by atoms with E-state index in [1.807, 2.05) is 27.1 Å². The van der Waals surface area contributed by atoms with E-state index in [4.69, 9.17) is 16.3 Å². The zero-order valence-corrected chi connectivity index (χ0v) is 12.3. The van der Waals surface area contributed by atoms with E-state index in [1.165, 1.54) is 0 Å². The van der Waals surface area contributed by atoms with Crippen molar-refractivity contribution in [1.82, 2.24) is 15.1 Å². The molecule has 1 unspecified atom stereocenters. The lowest BCUT2D eigenvalue weighted by Crippen LogP contribution is -2.21. The fourth-order valence-corrected chi connectivity index (χ4v) is 2.52. The van der Waals surface area contributed by atoms with Crippen molar-refractivity contribution in [3.63, 3.8) is 0 Å². The van der Waals surface area contributed by atoms with Crippen LogP contribution in [0.4, 0.5) is 0 Å². The Kier molecular flexibility index (Phi) is 4.12. The summed E-state index contributed by atoms with van der Waals surface area (Å²) in [6.45, 7) is 2.04. The normalized spacial score (nSPS) is 12.5. The minimum absolute atomic E-state index is 0.0597. The van der Waals surface area contributed by atoms with Crippen molar-refractivity contribution in [2.45, 2.75) is 13.0 Å². The molecule has 1 N–H and O–H groups in total. The lowest BCUT2D eigenvalue weighted by molar-refractivity contribution is 0.404. The van der Waals surface area contributed by atoms with E-state index in [0.29, 0.717) is 5.02 Å². The summed E-state index contributed by atoms with van der Waals surface area (Å²) in [4.78, 5) is 0. The maximum Gasteiger partial charge on any atom is 0.124 e. The highest BCUT2D eigenvalue weighted by Crippen LogP contribution is 2.33. The summed E-state index contributed by atoms with van der Waals surface area (Å²) in [5, 5.41) is 8.10. The van der Waals surface area contributed by atoms with Crippen LogP contribution in [0.3, 0.4) is 0 Å². The lowest BCUT2D eigenvalue weighted by atomic mass is 10.0. The summed E-state index contributed by atoms with van der Waals surface area (Å²) in [5.41, 5.74) is 3.12. The Balaban J connectivity index is 2.54. The minimum Gasteiger partial charge on any atom is -0.496 e. The third kappa shape index (κ3) is 2.60. The van der Waals surface area contributed by atoms with E-state index >= 15 is 0 Å². The van der Waals surface area contributed by atoms with Gasteiger partial charge >= 0.3 is 0 Å². The maximum absolute atomic E-state index is 6.23. The molecule has 0 fully saturated rings. The first-order chi connectivity index (χ1) is 9.08. The Bertz CT molecular complexity index is 561. The van der Waals surface area contributed by atoms with Crippen molar-refractivity contribution in [2.24, 2.45) is 7.05 Å². The number of aromatic nitrogens is 2. The molecule has 4 nitrogen and oxygen atoms in total. The molecule has 0 bridgehead atoms. The summed E-state index contributed by atoms with van der Waals surface area (Å²) >= 11 is 6.23. The van der Waals surface area contributed by atoms with Crippen LogP contribution in [-0.4, -0.2) is 23.9 Å². The Hall–Kier alpha value is -1.52. The molecule has 2 aromatic rings. The van der Waals surface area contributed by atoms with Gasteiger partial charge in [-0.2, -0.15) is 5.10 Å². The zero-order valence-electron chi connectivity index (χ0n) is 11.6. The molecule has 0 saturated heterocycles. The van der Waals surface area contributed by atoms with E-state index in [1.54, 1.807) is 18.0 Å². The second-order valence-electron chi connectivity index (χ2n) is 4.47. The first kappa shape index (κ1) is 13.9. The van der Waals surface area contributed by atoms with Crippen molar-refractivity contribution in [3.8, 4) is 5.75 Å². The Labute approximate surface area is 118 Å². The van der Waals surface area contributed by atoms with Crippen LogP contribution in [0.15, 0.2) is 24.4 Å². The predicted molar refractivity (Wildman–Crippen MR) is 76.9 cm³/mol. The highest BCUT2D eigenvalue weighted by Gasteiger charge is 2.22. The summed E-state index contributed by atoms with van der Waals surface area (Å²) in [6.07, 6.45) is 1.65. The van der Waals surface area contributed by atoms with Crippen molar-refractivity contribution in [3.05, 3.63) is 46.2 Å². The van der Waals surface area contributed by atoms with E-state index in [-0.39, 0.29) is 6.04 Å². The van der Waals surface area contributed by atoms with Crippen molar-refractivity contribution >= 4 is 11.6 Å². The lowest BCUT2D eigenvalue weighted by Gasteiger charge is -2.20. The Morgan fingerprint density at radius 3 is 2.68 bits per heavy atom. The number of aryl methyl sites for hydroxylation is 2. The van der Waals surface area contributed by atoms with Crippen LogP contribution in [0.2, 0.25) is 5.02 Å². The van der Waals surface area contributed by atoms with Gasteiger partial charge < -0.3 is 10.1 Å². The molecule has 19 heavy (non-hydrogen) atoms. The summed E-state index contributed by atoms with van der Waals surface area (Å²) in [5.74, 6) is 0.844. The largest absolute Gasteiger partial charge is 0.496 e. The van der Waals surface area contributed by atoms with Crippen LogP contribution in [0.25, 0.3) is 0 Å². The van der Waals surface area contributed by atoms with Crippen LogP contribution in [-0.2, 0) is 7.05 Å². The van der Waals surface area contributed by atoms with E-state index in [9.17, 15) is 0 Å². The fraction of sp³-hybridized carbons (Fsp3) is 0.357. The van der Waals surface area contributed by atoms with Crippen LogP contribution >= 0.6 is 11.6 Å². The highest BCUT2D eigenvalue weighted by atomic mass is 35.5. The molecular weight excluding hydrogens is 262 g/mol. The molecule has 1 aromatic carbocycles. The summed E-state index contributed by atoms with van der Waals surface area (Å²) < 4.78 is 7.25. The van der Waals surface area contributed by atoms with Crippen molar-refractivity contribution < 1.29 is 4.74 Å². The van der Waals surface area contributed by atoms with Crippen LogP contribution in [0.1, 0.15) is 22.9 Å². The van der Waals surface area contributed by atoms with Gasteiger partial charge in [-0.1, -0.05) is 23.7 Å². The van der Waals surface area contributed by atoms with Gasteiger partial charge in [-0.05, 0) is 25.6 Å². The number of rotatable bonds is 4. The molecule has 102 valence electrons. The van der Waals surface area contributed by atoms with Crippen LogP contribution in [0.5, 0.6) is 5.75 Å². The fourth-order valence-electron chi connectivity index (χ4n) is 2.24.